The van der Waals surface area contributed by atoms with Crippen LogP contribution in [0.4, 0.5) is 0 Å². The Kier molecular flexibility index (Phi) is 5.08. The first-order chi connectivity index (χ1) is 8.08. The fourth-order valence-corrected chi connectivity index (χ4v) is 2.11. The third-order valence-corrected chi connectivity index (χ3v) is 3.12. The molecule has 0 aliphatic rings. The van der Waals surface area contributed by atoms with Crippen molar-refractivity contribution in [1.82, 2.24) is 14.8 Å². The van der Waals surface area contributed by atoms with Crippen LogP contribution in [0.1, 0.15) is 45.5 Å². The van der Waals surface area contributed by atoms with Gasteiger partial charge in [0, 0.05) is 17.9 Å². The van der Waals surface area contributed by atoms with Crippen LogP contribution in [-0.2, 0) is 6.42 Å². The van der Waals surface area contributed by atoms with E-state index >= 15 is 0 Å². The number of rotatable bonds is 7. The second-order valence-electron chi connectivity index (χ2n) is 4.96. The quantitative estimate of drug-likeness (QED) is 0.752. The number of hydrogen-bond donors (Lipinski definition) is 2. The molecule has 5 heteroatoms. The molecule has 0 saturated carbocycles. The van der Waals surface area contributed by atoms with E-state index in [9.17, 15) is 10.2 Å². The molecule has 17 heavy (non-hydrogen) atoms. The van der Waals surface area contributed by atoms with Gasteiger partial charge in [-0.25, -0.2) is 9.67 Å². The maximum absolute atomic E-state index is 9.52. The van der Waals surface area contributed by atoms with Crippen molar-refractivity contribution < 1.29 is 10.2 Å². The fourth-order valence-electron chi connectivity index (χ4n) is 2.11. The van der Waals surface area contributed by atoms with E-state index < -0.39 is 5.41 Å². The summed E-state index contributed by atoms with van der Waals surface area (Å²) in [5, 5.41) is 23.2. The van der Waals surface area contributed by atoms with Crippen molar-refractivity contribution in [3.63, 3.8) is 0 Å². The Labute approximate surface area is 102 Å². The van der Waals surface area contributed by atoms with Gasteiger partial charge in [0.1, 0.15) is 12.2 Å². The highest BCUT2D eigenvalue weighted by Crippen LogP contribution is 2.27. The van der Waals surface area contributed by atoms with Crippen LogP contribution < -0.4 is 0 Å². The Morgan fingerprint density at radius 3 is 2.47 bits per heavy atom. The van der Waals surface area contributed by atoms with Gasteiger partial charge in [-0.05, 0) is 20.3 Å². The topological polar surface area (TPSA) is 71.2 Å². The van der Waals surface area contributed by atoms with Crippen molar-refractivity contribution >= 4 is 0 Å². The van der Waals surface area contributed by atoms with Crippen LogP contribution >= 0.6 is 0 Å². The molecule has 98 valence electrons. The van der Waals surface area contributed by atoms with Crippen LogP contribution in [0.25, 0.3) is 0 Å². The summed E-state index contributed by atoms with van der Waals surface area (Å²) in [6.45, 7) is 6.08. The van der Waals surface area contributed by atoms with E-state index in [0.29, 0.717) is 6.42 Å². The Bertz CT molecular complexity index is 332. The lowest BCUT2D eigenvalue weighted by molar-refractivity contribution is 0.0438. The van der Waals surface area contributed by atoms with Gasteiger partial charge >= 0.3 is 0 Å². The summed E-state index contributed by atoms with van der Waals surface area (Å²) in [6.07, 6.45) is 3.80. The molecule has 0 bridgehead atoms. The molecule has 2 N–H and O–H groups in total. The third kappa shape index (κ3) is 3.26. The van der Waals surface area contributed by atoms with Gasteiger partial charge in [0.15, 0.2) is 0 Å². The van der Waals surface area contributed by atoms with E-state index in [0.717, 1.165) is 18.7 Å². The minimum absolute atomic E-state index is 0.0255. The van der Waals surface area contributed by atoms with Gasteiger partial charge < -0.3 is 10.2 Å². The lowest BCUT2D eigenvalue weighted by Gasteiger charge is -2.29. The van der Waals surface area contributed by atoms with Crippen LogP contribution in [0.2, 0.25) is 0 Å². The minimum atomic E-state index is -0.478. The van der Waals surface area contributed by atoms with Gasteiger partial charge in [0.25, 0.3) is 0 Å². The van der Waals surface area contributed by atoms with Crippen molar-refractivity contribution in [3.8, 4) is 0 Å². The van der Waals surface area contributed by atoms with Gasteiger partial charge in [-0.3, -0.25) is 0 Å². The molecule has 0 unspecified atom stereocenters. The van der Waals surface area contributed by atoms with Gasteiger partial charge in [0.2, 0.25) is 0 Å². The number of hydrogen-bond acceptors (Lipinski definition) is 4. The van der Waals surface area contributed by atoms with E-state index in [2.05, 4.69) is 10.1 Å². The summed E-state index contributed by atoms with van der Waals surface area (Å²) >= 11 is 0. The molecule has 0 saturated heterocycles. The van der Waals surface area contributed by atoms with Crippen molar-refractivity contribution in [1.29, 1.82) is 0 Å². The zero-order valence-corrected chi connectivity index (χ0v) is 10.9. The Morgan fingerprint density at radius 2 is 2.00 bits per heavy atom. The van der Waals surface area contributed by atoms with Crippen LogP contribution in [0.3, 0.4) is 0 Å². The fraction of sp³-hybridized carbons (Fsp3) is 0.833. The maximum atomic E-state index is 9.52. The van der Waals surface area contributed by atoms with Crippen molar-refractivity contribution in [2.75, 3.05) is 13.2 Å². The van der Waals surface area contributed by atoms with Crippen LogP contribution in [-0.4, -0.2) is 38.2 Å². The Hall–Kier alpha value is -0.940. The smallest absolute Gasteiger partial charge is 0.138 e. The van der Waals surface area contributed by atoms with E-state index in [-0.39, 0.29) is 19.3 Å². The van der Waals surface area contributed by atoms with Crippen molar-refractivity contribution in [2.45, 2.75) is 46.1 Å². The molecule has 1 aromatic rings. The molecule has 0 atom stereocenters. The number of aliphatic hydroxyl groups excluding tert-OH is 2. The first kappa shape index (κ1) is 14.1. The zero-order valence-electron chi connectivity index (χ0n) is 10.9. The summed E-state index contributed by atoms with van der Waals surface area (Å²) < 4.78 is 1.84. The Balaban J connectivity index is 2.89. The Morgan fingerprint density at radius 1 is 1.35 bits per heavy atom. The molecule has 0 amide bonds. The molecular weight excluding hydrogens is 218 g/mol. The highest BCUT2D eigenvalue weighted by molar-refractivity contribution is 4.95. The van der Waals surface area contributed by atoms with Crippen LogP contribution in [0, 0.1) is 5.41 Å². The minimum Gasteiger partial charge on any atom is -0.396 e. The second kappa shape index (κ2) is 6.12. The highest BCUT2D eigenvalue weighted by atomic mass is 16.3. The molecule has 1 rings (SSSR count). The molecule has 1 heterocycles. The lowest BCUT2D eigenvalue weighted by Crippen LogP contribution is -2.33. The monoisotopic (exact) mass is 241 g/mol. The average Bonchev–Trinajstić information content (AvgIpc) is 2.76. The zero-order chi connectivity index (χ0) is 12.9. The number of aromatic nitrogens is 3. The van der Waals surface area contributed by atoms with Crippen molar-refractivity contribution in [2.24, 2.45) is 5.41 Å². The van der Waals surface area contributed by atoms with Crippen LogP contribution in [0.15, 0.2) is 6.33 Å². The molecule has 5 nitrogen and oxygen atoms in total. The number of aliphatic hydroxyl groups is 2. The number of nitrogens with zero attached hydrogens (tertiary/aromatic N) is 3. The molecule has 0 radical (unpaired) electrons. The lowest BCUT2D eigenvalue weighted by atomic mass is 9.81. The van der Waals surface area contributed by atoms with E-state index in [1.165, 1.54) is 6.33 Å². The maximum Gasteiger partial charge on any atom is 0.138 e. The molecule has 0 fully saturated rings. The summed E-state index contributed by atoms with van der Waals surface area (Å²) in [5.41, 5.74) is -0.478. The van der Waals surface area contributed by atoms with E-state index in [4.69, 9.17) is 0 Å². The summed E-state index contributed by atoms with van der Waals surface area (Å²) in [4.78, 5) is 4.23. The highest BCUT2D eigenvalue weighted by Gasteiger charge is 2.30. The summed E-state index contributed by atoms with van der Waals surface area (Å²) in [7, 11) is 0. The predicted octanol–water partition coefficient (Wildman–Crippen LogP) is 1.17. The SMILES string of the molecule is CCCC(CO)(CO)Cc1ncnn1C(C)C. The first-order valence-electron chi connectivity index (χ1n) is 6.18. The first-order valence-corrected chi connectivity index (χ1v) is 6.18. The van der Waals surface area contributed by atoms with Gasteiger partial charge in [-0.15, -0.1) is 0 Å². The van der Waals surface area contributed by atoms with Crippen LogP contribution in [0.5, 0.6) is 0 Å². The van der Waals surface area contributed by atoms with E-state index in [1.54, 1.807) is 0 Å². The molecule has 0 aliphatic carbocycles. The van der Waals surface area contributed by atoms with E-state index in [1.807, 2.05) is 25.5 Å². The molecule has 0 aliphatic heterocycles. The summed E-state index contributed by atoms with van der Waals surface area (Å²) in [5.74, 6) is 0.830. The van der Waals surface area contributed by atoms with Crippen molar-refractivity contribution in [3.05, 3.63) is 12.2 Å². The summed E-state index contributed by atoms with van der Waals surface area (Å²) in [6, 6.07) is 0.240. The largest absolute Gasteiger partial charge is 0.396 e. The molecule has 1 aromatic heterocycles. The van der Waals surface area contributed by atoms with Gasteiger partial charge in [-0.1, -0.05) is 13.3 Å². The molecule has 0 aromatic carbocycles. The molecular formula is C12H23N3O2. The van der Waals surface area contributed by atoms with Gasteiger partial charge in [-0.2, -0.15) is 5.10 Å². The normalized spacial score (nSPS) is 12.4. The average molecular weight is 241 g/mol. The second-order valence-corrected chi connectivity index (χ2v) is 4.96. The van der Waals surface area contributed by atoms with Gasteiger partial charge in [0.05, 0.1) is 13.2 Å². The third-order valence-electron chi connectivity index (χ3n) is 3.12. The standard InChI is InChI=1S/C12H23N3O2/c1-4-5-12(7-16,8-17)6-11-13-9-14-15(11)10(2)3/h9-10,16-17H,4-8H2,1-3H3. The predicted molar refractivity (Wildman–Crippen MR) is 65.6 cm³/mol. The molecule has 0 spiro atoms.